The van der Waals surface area contributed by atoms with E-state index in [9.17, 15) is 0 Å². The molecule has 1 fully saturated rings. The lowest BCUT2D eigenvalue weighted by molar-refractivity contribution is 0.598. The van der Waals surface area contributed by atoms with Gasteiger partial charge in [0.1, 0.15) is 6.33 Å². The predicted molar refractivity (Wildman–Crippen MR) is 46.5 cm³/mol. The van der Waals surface area contributed by atoms with E-state index in [0.29, 0.717) is 5.92 Å². The van der Waals surface area contributed by atoms with Crippen LogP contribution in [0.3, 0.4) is 0 Å². The van der Waals surface area contributed by atoms with Crippen LogP contribution in [0.2, 0.25) is 0 Å². The van der Waals surface area contributed by atoms with Gasteiger partial charge in [-0.2, -0.15) is 0 Å². The molecule has 2 N–H and O–H groups in total. The minimum Gasteiger partial charge on any atom is -0.327 e. The van der Waals surface area contributed by atoms with Gasteiger partial charge in [0.15, 0.2) is 0 Å². The molecule has 0 bridgehead atoms. The van der Waals surface area contributed by atoms with Gasteiger partial charge in [-0.3, -0.25) is 0 Å². The fraction of sp³-hybridized carbons (Fsp3) is 0.556. The van der Waals surface area contributed by atoms with Crippen LogP contribution in [0.1, 0.15) is 25.3 Å². The topological polar surface area (TPSA) is 51.8 Å². The van der Waals surface area contributed by atoms with Crippen molar-refractivity contribution in [2.24, 2.45) is 11.1 Å². The molecule has 1 aromatic rings. The third-order valence-corrected chi connectivity index (χ3v) is 2.85. The van der Waals surface area contributed by atoms with Gasteiger partial charge in [-0.05, 0) is 11.0 Å². The lowest BCUT2D eigenvalue weighted by Crippen LogP contribution is -2.06. The van der Waals surface area contributed by atoms with Gasteiger partial charge >= 0.3 is 0 Å². The highest BCUT2D eigenvalue weighted by Gasteiger charge is 2.56. The highest BCUT2D eigenvalue weighted by Crippen LogP contribution is 2.56. The molecule has 1 saturated carbocycles. The van der Waals surface area contributed by atoms with Crippen LogP contribution in [0, 0.1) is 5.41 Å². The first-order valence-corrected chi connectivity index (χ1v) is 4.14. The van der Waals surface area contributed by atoms with Crippen LogP contribution in [0.5, 0.6) is 0 Å². The number of nitrogens with zero attached hydrogens (tertiary/aromatic N) is 2. The summed E-state index contributed by atoms with van der Waals surface area (Å²) < 4.78 is 0. The molecule has 2 unspecified atom stereocenters. The molecule has 64 valence electrons. The van der Waals surface area contributed by atoms with Crippen molar-refractivity contribution in [2.45, 2.75) is 25.8 Å². The maximum atomic E-state index is 5.92. The Bertz CT molecular complexity index is 281. The largest absolute Gasteiger partial charge is 0.327 e. The van der Waals surface area contributed by atoms with Crippen molar-refractivity contribution < 1.29 is 0 Å². The Balaban J connectivity index is 2.25. The summed E-state index contributed by atoms with van der Waals surface area (Å²) in [7, 11) is 0. The third kappa shape index (κ3) is 0.932. The molecule has 1 aliphatic rings. The zero-order valence-corrected chi connectivity index (χ0v) is 7.36. The molecule has 3 heteroatoms. The van der Waals surface area contributed by atoms with Gasteiger partial charge in [-0.25, -0.2) is 9.97 Å². The number of nitrogens with two attached hydrogens (primary N) is 1. The van der Waals surface area contributed by atoms with Crippen molar-refractivity contribution in [1.82, 2.24) is 9.97 Å². The molecular formula is C9H13N3. The Morgan fingerprint density at radius 1 is 1.33 bits per heavy atom. The molecular weight excluding hydrogens is 150 g/mol. The lowest BCUT2D eigenvalue weighted by Gasteiger charge is -1.99. The van der Waals surface area contributed by atoms with Gasteiger partial charge in [-0.15, -0.1) is 0 Å². The molecule has 0 spiro atoms. The summed E-state index contributed by atoms with van der Waals surface area (Å²) in [5.41, 5.74) is 7.31. The van der Waals surface area contributed by atoms with Crippen LogP contribution in [-0.4, -0.2) is 16.0 Å². The standard InChI is InChI=1S/C9H13N3/c1-9(2)7(8(9)10)6-3-11-5-12-4-6/h3-5,7-8H,10H2,1-2H3. The molecule has 2 atom stereocenters. The quantitative estimate of drug-likeness (QED) is 0.670. The molecule has 1 aliphatic carbocycles. The van der Waals surface area contributed by atoms with E-state index in [1.165, 1.54) is 0 Å². The van der Waals surface area contributed by atoms with Crippen molar-refractivity contribution in [3.8, 4) is 0 Å². The zero-order chi connectivity index (χ0) is 8.77. The van der Waals surface area contributed by atoms with Crippen molar-refractivity contribution in [1.29, 1.82) is 0 Å². The molecule has 12 heavy (non-hydrogen) atoms. The van der Waals surface area contributed by atoms with Crippen molar-refractivity contribution >= 4 is 0 Å². The van der Waals surface area contributed by atoms with Gasteiger partial charge in [0.25, 0.3) is 0 Å². The Kier molecular flexibility index (Phi) is 1.45. The van der Waals surface area contributed by atoms with E-state index in [0.717, 1.165) is 5.56 Å². The minimum atomic E-state index is 0.227. The van der Waals surface area contributed by atoms with Gasteiger partial charge in [0.2, 0.25) is 0 Å². The SMILES string of the molecule is CC1(C)C(N)C1c1cncnc1. The van der Waals surface area contributed by atoms with Gasteiger partial charge in [-0.1, -0.05) is 13.8 Å². The van der Waals surface area contributed by atoms with Crippen LogP contribution in [-0.2, 0) is 0 Å². The van der Waals surface area contributed by atoms with Crippen molar-refractivity contribution in [2.75, 3.05) is 0 Å². The van der Waals surface area contributed by atoms with E-state index in [4.69, 9.17) is 5.73 Å². The average molecular weight is 163 g/mol. The van der Waals surface area contributed by atoms with E-state index in [1.807, 2.05) is 12.4 Å². The van der Waals surface area contributed by atoms with E-state index >= 15 is 0 Å². The summed E-state index contributed by atoms with van der Waals surface area (Å²) in [6.45, 7) is 4.35. The monoisotopic (exact) mass is 163 g/mol. The number of hydrogen-bond donors (Lipinski definition) is 1. The first-order chi connectivity index (χ1) is 5.64. The fourth-order valence-corrected chi connectivity index (χ4v) is 1.79. The van der Waals surface area contributed by atoms with Crippen LogP contribution in [0.25, 0.3) is 0 Å². The van der Waals surface area contributed by atoms with Crippen LogP contribution in [0.15, 0.2) is 18.7 Å². The average Bonchev–Trinajstić information content (AvgIpc) is 2.53. The fourth-order valence-electron chi connectivity index (χ4n) is 1.79. The van der Waals surface area contributed by atoms with Crippen LogP contribution < -0.4 is 5.73 Å². The van der Waals surface area contributed by atoms with Crippen molar-refractivity contribution in [3.63, 3.8) is 0 Å². The normalized spacial score (nSPS) is 31.6. The summed E-state index contributed by atoms with van der Waals surface area (Å²) in [5, 5.41) is 0. The summed E-state index contributed by atoms with van der Waals surface area (Å²) in [6, 6.07) is 0.267. The number of aromatic nitrogens is 2. The lowest BCUT2D eigenvalue weighted by atomic mass is 10.1. The van der Waals surface area contributed by atoms with Gasteiger partial charge in [0, 0.05) is 24.4 Å². The number of hydrogen-bond acceptors (Lipinski definition) is 3. The summed E-state index contributed by atoms with van der Waals surface area (Å²) >= 11 is 0. The molecule has 1 heterocycles. The van der Waals surface area contributed by atoms with Crippen LogP contribution in [0.4, 0.5) is 0 Å². The second-order valence-electron chi connectivity index (χ2n) is 4.00. The summed E-state index contributed by atoms with van der Waals surface area (Å²) in [4.78, 5) is 7.96. The maximum Gasteiger partial charge on any atom is 0.115 e. The van der Waals surface area contributed by atoms with Crippen molar-refractivity contribution in [3.05, 3.63) is 24.3 Å². The molecule has 0 saturated heterocycles. The first kappa shape index (κ1) is 7.68. The molecule has 0 aromatic carbocycles. The highest BCUT2D eigenvalue weighted by atomic mass is 14.9. The molecule has 0 radical (unpaired) electrons. The second-order valence-corrected chi connectivity index (χ2v) is 4.00. The first-order valence-electron chi connectivity index (χ1n) is 4.14. The Morgan fingerprint density at radius 2 is 1.83 bits per heavy atom. The summed E-state index contributed by atoms with van der Waals surface area (Å²) in [6.07, 6.45) is 5.25. The predicted octanol–water partition coefficient (Wildman–Crippen LogP) is 0.927. The molecule has 0 amide bonds. The zero-order valence-electron chi connectivity index (χ0n) is 7.36. The maximum absolute atomic E-state index is 5.92. The Labute approximate surface area is 72.0 Å². The van der Waals surface area contributed by atoms with E-state index in [1.54, 1.807) is 6.33 Å². The third-order valence-electron chi connectivity index (χ3n) is 2.85. The van der Waals surface area contributed by atoms with E-state index in [2.05, 4.69) is 23.8 Å². The van der Waals surface area contributed by atoms with Crippen LogP contribution >= 0.6 is 0 Å². The van der Waals surface area contributed by atoms with Gasteiger partial charge < -0.3 is 5.73 Å². The van der Waals surface area contributed by atoms with Gasteiger partial charge in [0.05, 0.1) is 0 Å². The van der Waals surface area contributed by atoms with E-state index in [-0.39, 0.29) is 11.5 Å². The van der Waals surface area contributed by atoms with E-state index < -0.39 is 0 Å². The second kappa shape index (κ2) is 2.26. The molecule has 3 nitrogen and oxygen atoms in total. The Morgan fingerprint density at radius 3 is 2.25 bits per heavy atom. The number of rotatable bonds is 1. The molecule has 0 aliphatic heterocycles. The molecule has 2 rings (SSSR count). The Hall–Kier alpha value is -0.960. The smallest absolute Gasteiger partial charge is 0.115 e. The highest BCUT2D eigenvalue weighted by molar-refractivity contribution is 5.30. The molecule has 1 aromatic heterocycles. The minimum absolute atomic E-state index is 0.227. The summed E-state index contributed by atoms with van der Waals surface area (Å²) in [5.74, 6) is 0.443.